The van der Waals surface area contributed by atoms with E-state index in [1.165, 1.54) is 11.1 Å². The summed E-state index contributed by atoms with van der Waals surface area (Å²) < 4.78 is 5.45. The van der Waals surface area contributed by atoms with Gasteiger partial charge in [-0.3, -0.25) is 9.59 Å². The van der Waals surface area contributed by atoms with Crippen LogP contribution in [-0.4, -0.2) is 61.0 Å². The molecule has 1 atom stereocenters. The Morgan fingerprint density at radius 3 is 2.19 bits per heavy atom. The molecule has 2 aromatic carbocycles. The van der Waals surface area contributed by atoms with Crippen LogP contribution < -0.4 is 0 Å². The molecule has 2 heterocycles. The fourth-order valence-electron chi connectivity index (χ4n) is 4.76. The average Bonchev–Trinajstić information content (AvgIpc) is 3.24. The van der Waals surface area contributed by atoms with E-state index in [1.54, 1.807) is 0 Å². The molecule has 5 nitrogen and oxygen atoms in total. The normalized spacial score (nSPS) is 21.5. The molecular weight excluding hydrogens is 388 g/mol. The van der Waals surface area contributed by atoms with Crippen molar-refractivity contribution in [2.45, 2.75) is 26.7 Å². The predicted octanol–water partition coefficient (Wildman–Crippen LogP) is 3.63. The number of rotatable bonds is 5. The van der Waals surface area contributed by atoms with E-state index in [2.05, 4.69) is 36.4 Å². The predicted molar refractivity (Wildman–Crippen MR) is 121 cm³/mol. The van der Waals surface area contributed by atoms with Gasteiger partial charge in [0, 0.05) is 32.1 Å². The molecule has 5 heteroatoms. The minimum atomic E-state index is -0.559. The lowest BCUT2D eigenvalue weighted by Crippen LogP contribution is -2.51. The van der Waals surface area contributed by atoms with Gasteiger partial charge < -0.3 is 14.5 Å². The third-order valence-corrected chi connectivity index (χ3v) is 6.51. The van der Waals surface area contributed by atoms with Crippen molar-refractivity contribution in [2.24, 2.45) is 11.3 Å². The van der Waals surface area contributed by atoms with Crippen LogP contribution in [0.1, 0.15) is 25.8 Å². The zero-order valence-corrected chi connectivity index (χ0v) is 18.5. The van der Waals surface area contributed by atoms with Gasteiger partial charge in [-0.25, -0.2) is 0 Å². The highest BCUT2D eigenvalue weighted by atomic mass is 16.5. The number of hydrogen-bond donors (Lipinski definition) is 0. The summed E-state index contributed by atoms with van der Waals surface area (Å²) in [6.07, 6.45) is 1.36. The summed E-state index contributed by atoms with van der Waals surface area (Å²) >= 11 is 0. The summed E-state index contributed by atoms with van der Waals surface area (Å²) in [6.45, 7) is 7.43. The Hall–Kier alpha value is -2.66. The van der Waals surface area contributed by atoms with Crippen molar-refractivity contribution in [2.75, 3.05) is 39.4 Å². The lowest BCUT2D eigenvalue weighted by atomic mass is 9.79. The lowest BCUT2D eigenvalue weighted by Gasteiger charge is -2.36. The molecule has 0 bridgehead atoms. The number of ether oxygens (including phenoxy) is 1. The second-order valence-electron chi connectivity index (χ2n) is 9.09. The van der Waals surface area contributed by atoms with Gasteiger partial charge >= 0.3 is 0 Å². The van der Waals surface area contributed by atoms with E-state index < -0.39 is 5.41 Å². The molecule has 0 aromatic heterocycles. The van der Waals surface area contributed by atoms with Gasteiger partial charge in [0.2, 0.25) is 11.8 Å². The van der Waals surface area contributed by atoms with Crippen molar-refractivity contribution in [3.05, 3.63) is 60.2 Å². The number of carbonyl (C=O) groups is 2. The van der Waals surface area contributed by atoms with Crippen LogP contribution in [-0.2, 0) is 20.7 Å². The fourth-order valence-corrected chi connectivity index (χ4v) is 4.76. The van der Waals surface area contributed by atoms with Crippen molar-refractivity contribution in [1.29, 1.82) is 0 Å². The van der Waals surface area contributed by atoms with Gasteiger partial charge in [0.1, 0.15) is 0 Å². The first kappa shape index (κ1) is 21.6. The van der Waals surface area contributed by atoms with Crippen LogP contribution >= 0.6 is 0 Å². The zero-order valence-electron chi connectivity index (χ0n) is 18.5. The molecular formula is C26H32N2O3. The van der Waals surface area contributed by atoms with E-state index in [1.807, 2.05) is 41.8 Å². The third kappa shape index (κ3) is 4.67. The van der Waals surface area contributed by atoms with Crippen LogP contribution in [0.3, 0.4) is 0 Å². The Labute approximate surface area is 185 Å². The van der Waals surface area contributed by atoms with Gasteiger partial charge in [-0.2, -0.15) is 0 Å². The van der Waals surface area contributed by atoms with E-state index in [0.717, 1.165) is 5.56 Å². The monoisotopic (exact) mass is 420 g/mol. The highest BCUT2D eigenvalue weighted by Crippen LogP contribution is 2.37. The number of morpholine rings is 1. The van der Waals surface area contributed by atoms with Crippen molar-refractivity contribution < 1.29 is 14.3 Å². The van der Waals surface area contributed by atoms with Crippen LogP contribution in [0.5, 0.6) is 0 Å². The van der Waals surface area contributed by atoms with Crippen LogP contribution in [0.2, 0.25) is 0 Å². The molecule has 2 saturated heterocycles. The largest absolute Gasteiger partial charge is 0.378 e. The molecule has 0 radical (unpaired) electrons. The number of nitrogens with zero attached hydrogens (tertiary/aromatic N) is 2. The number of amides is 2. The molecule has 2 aliphatic heterocycles. The number of carbonyl (C=O) groups excluding carboxylic acids is 2. The summed E-state index contributed by atoms with van der Waals surface area (Å²) in [5.41, 5.74) is 2.93. The van der Waals surface area contributed by atoms with E-state index in [0.29, 0.717) is 52.2 Å². The quantitative estimate of drug-likeness (QED) is 0.742. The first-order valence-corrected chi connectivity index (χ1v) is 11.3. The van der Waals surface area contributed by atoms with Crippen molar-refractivity contribution in [1.82, 2.24) is 9.80 Å². The van der Waals surface area contributed by atoms with Gasteiger partial charge in [0.05, 0.1) is 18.6 Å². The van der Waals surface area contributed by atoms with Gasteiger partial charge in [-0.15, -0.1) is 0 Å². The summed E-state index contributed by atoms with van der Waals surface area (Å²) in [6, 6.07) is 18.8. The molecule has 0 unspecified atom stereocenters. The summed E-state index contributed by atoms with van der Waals surface area (Å²) in [5.74, 6) is 0.248. The molecule has 164 valence electrons. The van der Waals surface area contributed by atoms with E-state index in [4.69, 9.17) is 4.74 Å². The minimum absolute atomic E-state index is 0.0561. The molecule has 2 amide bonds. The lowest BCUT2D eigenvalue weighted by molar-refractivity contribution is -0.146. The standard InChI is InChI=1S/C26H32N2O3/c1-20(2)24(29)28-13-12-26(19-28,25(30)27-14-16-31-17-15-27)18-21-8-10-23(11-9-21)22-6-4-3-5-7-22/h3-11,20H,12-19H2,1-2H3/t26-/m1/s1. The molecule has 0 aliphatic carbocycles. The Balaban J connectivity index is 1.57. The van der Waals surface area contributed by atoms with Gasteiger partial charge in [-0.05, 0) is 29.5 Å². The SMILES string of the molecule is CC(C)C(=O)N1CC[C@](Cc2ccc(-c3ccccc3)cc2)(C(=O)N2CCOCC2)C1. The average molecular weight is 421 g/mol. The van der Waals surface area contributed by atoms with Crippen LogP contribution in [0.25, 0.3) is 11.1 Å². The zero-order chi connectivity index (χ0) is 21.8. The number of likely N-dealkylation sites (tertiary alicyclic amines) is 1. The number of benzene rings is 2. The summed E-state index contributed by atoms with van der Waals surface area (Å²) in [5, 5.41) is 0. The molecule has 4 rings (SSSR count). The van der Waals surface area contributed by atoms with Crippen LogP contribution in [0, 0.1) is 11.3 Å². The van der Waals surface area contributed by atoms with Gasteiger partial charge in [-0.1, -0.05) is 68.4 Å². The Bertz CT molecular complexity index is 904. The molecule has 0 saturated carbocycles. The maximum atomic E-state index is 13.7. The Kier molecular flexibility index (Phi) is 6.42. The fraction of sp³-hybridized carbons (Fsp3) is 0.462. The van der Waals surface area contributed by atoms with Gasteiger partial charge in [0.15, 0.2) is 0 Å². The van der Waals surface area contributed by atoms with Crippen molar-refractivity contribution in [3.63, 3.8) is 0 Å². The molecule has 0 spiro atoms. The number of hydrogen-bond acceptors (Lipinski definition) is 3. The minimum Gasteiger partial charge on any atom is -0.378 e. The maximum Gasteiger partial charge on any atom is 0.231 e. The third-order valence-electron chi connectivity index (χ3n) is 6.51. The molecule has 2 fully saturated rings. The molecule has 31 heavy (non-hydrogen) atoms. The second-order valence-corrected chi connectivity index (χ2v) is 9.09. The van der Waals surface area contributed by atoms with Crippen LogP contribution in [0.15, 0.2) is 54.6 Å². The smallest absolute Gasteiger partial charge is 0.231 e. The maximum absolute atomic E-state index is 13.7. The van der Waals surface area contributed by atoms with Crippen molar-refractivity contribution >= 4 is 11.8 Å². The highest BCUT2D eigenvalue weighted by Gasteiger charge is 2.48. The molecule has 0 N–H and O–H groups in total. The van der Waals surface area contributed by atoms with Crippen LogP contribution in [0.4, 0.5) is 0 Å². The molecule has 2 aliphatic rings. The summed E-state index contributed by atoms with van der Waals surface area (Å²) in [4.78, 5) is 30.2. The van der Waals surface area contributed by atoms with E-state index in [9.17, 15) is 9.59 Å². The molecule has 2 aromatic rings. The summed E-state index contributed by atoms with van der Waals surface area (Å²) in [7, 11) is 0. The second kappa shape index (κ2) is 9.23. The Morgan fingerprint density at radius 2 is 1.55 bits per heavy atom. The van der Waals surface area contributed by atoms with Gasteiger partial charge in [0.25, 0.3) is 0 Å². The highest BCUT2D eigenvalue weighted by molar-refractivity contribution is 5.86. The van der Waals surface area contributed by atoms with E-state index >= 15 is 0 Å². The Morgan fingerprint density at radius 1 is 0.903 bits per heavy atom. The first-order valence-electron chi connectivity index (χ1n) is 11.3. The topological polar surface area (TPSA) is 49.9 Å². The first-order chi connectivity index (χ1) is 15.0. The van der Waals surface area contributed by atoms with E-state index in [-0.39, 0.29) is 17.7 Å². The van der Waals surface area contributed by atoms with Crippen molar-refractivity contribution in [3.8, 4) is 11.1 Å².